The molecule has 1 saturated carbocycles. The lowest BCUT2D eigenvalue weighted by Crippen LogP contribution is -2.31. The summed E-state index contributed by atoms with van der Waals surface area (Å²) in [5.41, 5.74) is 1.23. The molecule has 0 radical (unpaired) electrons. The van der Waals surface area contributed by atoms with E-state index >= 15 is 0 Å². The average molecular weight is 304 g/mol. The van der Waals surface area contributed by atoms with E-state index in [4.69, 9.17) is 0 Å². The van der Waals surface area contributed by atoms with Gasteiger partial charge in [-0.1, -0.05) is 28.1 Å². The Hall–Kier alpha value is -0.390. The Labute approximate surface area is 104 Å². The number of hydrogen-bond donors (Lipinski definition) is 1. The number of nitrogens with one attached hydrogen (secondary N) is 1. The predicted molar refractivity (Wildman–Crippen MR) is 67.9 cm³/mol. The van der Waals surface area contributed by atoms with Crippen LogP contribution in [-0.2, 0) is 15.4 Å². The molecule has 0 aromatic heterocycles. The maximum atomic E-state index is 11.1. The topological polar surface area (TPSA) is 46.2 Å². The van der Waals surface area contributed by atoms with Gasteiger partial charge >= 0.3 is 0 Å². The van der Waals surface area contributed by atoms with Crippen molar-refractivity contribution in [2.45, 2.75) is 18.3 Å². The molecule has 1 aromatic rings. The molecule has 16 heavy (non-hydrogen) atoms. The molecule has 2 rings (SSSR count). The van der Waals surface area contributed by atoms with Gasteiger partial charge in [0.05, 0.1) is 6.26 Å². The average Bonchev–Trinajstić information content (AvgIpc) is 2.94. The van der Waals surface area contributed by atoms with Crippen LogP contribution in [0.25, 0.3) is 0 Å². The summed E-state index contributed by atoms with van der Waals surface area (Å²) in [4.78, 5) is 0. The Bertz CT molecular complexity index is 494. The van der Waals surface area contributed by atoms with Crippen LogP contribution < -0.4 is 4.72 Å². The molecule has 1 aliphatic carbocycles. The molecule has 0 amide bonds. The Morgan fingerprint density at radius 1 is 1.44 bits per heavy atom. The van der Waals surface area contributed by atoms with Gasteiger partial charge in [-0.05, 0) is 30.5 Å². The van der Waals surface area contributed by atoms with E-state index in [2.05, 4.69) is 32.8 Å². The van der Waals surface area contributed by atoms with Crippen LogP contribution in [0.4, 0.5) is 0 Å². The van der Waals surface area contributed by atoms with Crippen molar-refractivity contribution >= 4 is 26.0 Å². The first-order chi connectivity index (χ1) is 7.41. The zero-order valence-electron chi connectivity index (χ0n) is 9.03. The molecule has 0 unspecified atom stereocenters. The molecular weight excluding hydrogens is 290 g/mol. The number of benzene rings is 1. The van der Waals surface area contributed by atoms with Crippen LogP contribution in [0.15, 0.2) is 28.7 Å². The molecule has 1 aromatic carbocycles. The summed E-state index contributed by atoms with van der Waals surface area (Å²) in [7, 11) is -3.10. The smallest absolute Gasteiger partial charge is 0.208 e. The van der Waals surface area contributed by atoms with Crippen LogP contribution in [0, 0.1) is 0 Å². The molecule has 0 aliphatic heterocycles. The van der Waals surface area contributed by atoms with Gasteiger partial charge in [-0.2, -0.15) is 0 Å². The van der Waals surface area contributed by atoms with Crippen LogP contribution >= 0.6 is 15.9 Å². The second-order valence-corrected chi connectivity index (χ2v) is 7.13. The van der Waals surface area contributed by atoms with Crippen LogP contribution in [0.2, 0.25) is 0 Å². The van der Waals surface area contributed by atoms with Crippen LogP contribution in [0.1, 0.15) is 18.4 Å². The zero-order valence-corrected chi connectivity index (χ0v) is 11.4. The van der Waals surface area contributed by atoms with Crippen LogP contribution in [0.3, 0.4) is 0 Å². The summed E-state index contributed by atoms with van der Waals surface area (Å²) >= 11 is 3.43. The highest BCUT2D eigenvalue weighted by Crippen LogP contribution is 2.48. The molecule has 1 fully saturated rings. The lowest BCUT2D eigenvalue weighted by molar-refractivity contribution is 0.573. The molecule has 1 N–H and O–H groups in total. The van der Waals surface area contributed by atoms with E-state index in [1.807, 2.05) is 12.1 Å². The van der Waals surface area contributed by atoms with Crippen molar-refractivity contribution in [3.05, 3.63) is 34.3 Å². The minimum atomic E-state index is -3.10. The molecule has 1 aliphatic rings. The van der Waals surface area contributed by atoms with Crippen molar-refractivity contribution in [1.29, 1.82) is 0 Å². The van der Waals surface area contributed by atoms with Gasteiger partial charge in [-0.15, -0.1) is 0 Å². The Morgan fingerprint density at radius 3 is 2.62 bits per heavy atom. The summed E-state index contributed by atoms with van der Waals surface area (Å²) in [6.07, 6.45) is 3.29. The second-order valence-electron chi connectivity index (χ2n) is 4.38. The van der Waals surface area contributed by atoms with Crippen molar-refractivity contribution in [2.75, 3.05) is 12.8 Å². The largest absolute Gasteiger partial charge is 0.215 e. The Balaban J connectivity index is 2.14. The number of rotatable bonds is 4. The summed E-state index contributed by atoms with van der Waals surface area (Å²) in [6.45, 7) is 0.502. The highest BCUT2D eigenvalue weighted by atomic mass is 79.9. The maximum Gasteiger partial charge on any atom is 0.208 e. The molecule has 0 spiro atoms. The van der Waals surface area contributed by atoms with Crippen LogP contribution in [-0.4, -0.2) is 21.2 Å². The first-order valence-corrected chi connectivity index (χ1v) is 7.80. The van der Waals surface area contributed by atoms with Gasteiger partial charge in [0.1, 0.15) is 0 Å². The van der Waals surface area contributed by atoms with E-state index in [-0.39, 0.29) is 5.41 Å². The van der Waals surface area contributed by atoms with Crippen molar-refractivity contribution in [1.82, 2.24) is 4.72 Å². The third-order valence-electron chi connectivity index (χ3n) is 2.96. The Morgan fingerprint density at radius 2 is 2.12 bits per heavy atom. The molecule has 0 atom stereocenters. The lowest BCUT2D eigenvalue weighted by Gasteiger charge is -2.16. The second kappa shape index (κ2) is 4.13. The molecule has 88 valence electrons. The molecule has 0 bridgehead atoms. The summed E-state index contributed by atoms with van der Waals surface area (Å²) in [5.74, 6) is 0. The lowest BCUT2D eigenvalue weighted by atomic mass is 9.96. The van der Waals surface area contributed by atoms with Crippen LogP contribution in [0.5, 0.6) is 0 Å². The van der Waals surface area contributed by atoms with Crippen molar-refractivity contribution in [2.24, 2.45) is 0 Å². The third kappa shape index (κ3) is 2.84. The molecule has 0 saturated heterocycles. The molecule has 0 heterocycles. The van der Waals surface area contributed by atoms with Gasteiger partial charge in [-0.25, -0.2) is 13.1 Å². The van der Waals surface area contributed by atoms with Gasteiger partial charge < -0.3 is 0 Å². The molecule has 3 nitrogen and oxygen atoms in total. The minimum Gasteiger partial charge on any atom is -0.215 e. The van der Waals surface area contributed by atoms with E-state index < -0.39 is 10.0 Å². The fourth-order valence-corrected chi connectivity index (χ4v) is 2.74. The highest BCUT2D eigenvalue weighted by molar-refractivity contribution is 9.10. The molecule has 5 heteroatoms. The van der Waals surface area contributed by atoms with Gasteiger partial charge in [0, 0.05) is 16.4 Å². The molecular formula is C11H14BrNO2S. The SMILES string of the molecule is CS(=O)(=O)NCC1(c2cccc(Br)c2)CC1. The third-order valence-corrected chi connectivity index (χ3v) is 4.13. The summed E-state index contributed by atoms with van der Waals surface area (Å²) in [6, 6.07) is 8.09. The normalized spacial score (nSPS) is 18.4. The maximum absolute atomic E-state index is 11.1. The van der Waals surface area contributed by atoms with E-state index in [1.165, 1.54) is 11.8 Å². The van der Waals surface area contributed by atoms with Crippen molar-refractivity contribution in [3.8, 4) is 0 Å². The fraction of sp³-hybridized carbons (Fsp3) is 0.455. The zero-order chi connectivity index (χ0) is 11.8. The van der Waals surface area contributed by atoms with Gasteiger partial charge in [-0.3, -0.25) is 0 Å². The van der Waals surface area contributed by atoms with Gasteiger partial charge in [0.15, 0.2) is 0 Å². The van der Waals surface area contributed by atoms with E-state index in [0.717, 1.165) is 17.3 Å². The van der Waals surface area contributed by atoms with Crippen molar-refractivity contribution < 1.29 is 8.42 Å². The monoisotopic (exact) mass is 303 g/mol. The fourth-order valence-electron chi connectivity index (χ4n) is 1.81. The van der Waals surface area contributed by atoms with E-state index in [1.54, 1.807) is 0 Å². The quantitative estimate of drug-likeness (QED) is 0.925. The Kier molecular flexibility index (Phi) is 3.11. The number of halogens is 1. The summed E-state index contributed by atoms with van der Waals surface area (Å²) < 4.78 is 25.8. The minimum absolute atomic E-state index is 0.0207. The number of sulfonamides is 1. The van der Waals surface area contributed by atoms with Gasteiger partial charge in [0.2, 0.25) is 10.0 Å². The van der Waals surface area contributed by atoms with E-state index in [0.29, 0.717) is 6.54 Å². The standard InChI is InChI=1S/C11H14BrNO2S/c1-16(14,15)13-8-11(5-6-11)9-3-2-4-10(12)7-9/h2-4,7,13H,5-6,8H2,1H3. The van der Waals surface area contributed by atoms with Gasteiger partial charge in [0.25, 0.3) is 0 Å². The predicted octanol–water partition coefficient (Wildman–Crippen LogP) is 2.03. The van der Waals surface area contributed by atoms with Crippen molar-refractivity contribution in [3.63, 3.8) is 0 Å². The summed E-state index contributed by atoms with van der Waals surface area (Å²) in [5, 5.41) is 0. The first-order valence-electron chi connectivity index (χ1n) is 5.12. The first kappa shape index (κ1) is 12.1. The highest BCUT2D eigenvalue weighted by Gasteiger charge is 2.44. The number of hydrogen-bond acceptors (Lipinski definition) is 2. The van der Waals surface area contributed by atoms with E-state index in [9.17, 15) is 8.42 Å².